The van der Waals surface area contributed by atoms with Gasteiger partial charge in [-0.15, -0.1) is 0 Å². The van der Waals surface area contributed by atoms with Crippen molar-refractivity contribution < 1.29 is 17.6 Å². The van der Waals surface area contributed by atoms with Crippen molar-refractivity contribution in [1.29, 1.82) is 0 Å². The van der Waals surface area contributed by atoms with Gasteiger partial charge < -0.3 is 14.3 Å². The third kappa shape index (κ3) is 4.58. The minimum Gasteiger partial charge on any atom is -0.468 e. The Morgan fingerprint density at radius 3 is 2.48 bits per heavy atom. The van der Waals surface area contributed by atoms with Crippen LogP contribution >= 0.6 is 0 Å². The van der Waals surface area contributed by atoms with E-state index in [9.17, 15) is 13.2 Å². The average molecular weight is 464 g/mol. The number of amides is 1. The second kappa shape index (κ2) is 8.88. The van der Waals surface area contributed by atoms with Crippen molar-refractivity contribution in [1.82, 2.24) is 14.6 Å². The fourth-order valence-corrected chi connectivity index (χ4v) is 5.32. The lowest BCUT2D eigenvalue weighted by atomic mass is 9.93. The number of carbonyl (C=O) groups is 1. The first-order chi connectivity index (χ1) is 16.0. The lowest BCUT2D eigenvalue weighted by Crippen LogP contribution is -2.38. The number of piperidine rings is 1. The molecule has 0 atom stereocenters. The number of aromatic nitrogens is 1. The molecule has 1 amide bonds. The number of benzene rings is 2. The molecule has 8 heteroatoms. The van der Waals surface area contributed by atoms with Gasteiger partial charge in [0.25, 0.3) is 5.91 Å². The van der Waals surface area contributed by atoms with E-state index in [1.807, 2.05) is 17.0 Å². The maximum atomic E-state index is 13.0. The Labute approximate surface area is 192 Å². The van der Waals surface area contributed by atoms with Gasteiger partial charge in [-0.1, -0.05) is 18.2 Å². The summed E-state index contributed by atoms with van der Waals surface area (Å²) in [6.07, 6.45) is 3.27. The number of aromatic amines is 1. The number of H-pyrrole nitrogens is 1. The van der Waals surface area contributed by atoms with Crippen molar-refractivity contribution in [2.45, 2.75) is 30.2 Å². The van der Waals surface area contributed by atoms with Crippen molar-refractivity contribution >= 4 is 26.8 Å². The fraction of sp³-hybridized carbons (Fsp3) is 0.240. The Morgan fingerprint density at radius 2 is 1.79 bits per heavy atom. The van der Waals surface area contributed by atoms with E-state index in [2.05, 4.69) is 27.9 Å². The summed E-state index contributed by atoms with van der Waals surface area (Å²) in [5.74, 6) is 0.855. The van der Waals surface area contributed by atoms with E-state index in [0.29, 0.717) is 30.3 Å². The van der Waals surface area contributed by atoms with E-state index in [-0.39, 0.29) is 17.3 Å². The van der Waals surface area contributed by atoms with Crippen LogP contribution in [0, 0.1) is 0 Å². The molecule has 2 N–H and O–H groups in total. The molecular weight excluding hydrogens is 438 g/mol. The molecule has 0 radical (unpaired) electrons. The number of nitrogens with one attached hydrogen (secondary N) is 2. The fourth-order valence-electron chi connectivity index (χ4n) is 4.33. The predicted molar refractivity (Wildman–Crippen MR) is 125 cm³/mol. The number of hydrogen-bond acceptors (Lipinski definition) is 4. The van der Waals surface area contributed by atoms with Crippen molar-refractivity contribution in [3.8, 4) is 0 Å². The lowest BCUT2D eigenvalue weighted by Gasteiger charge is -2.31. The van der Waals surface area contributed by atoms with E-state index in [1.165, 1.54) is 29.5 Å². The Balaban J connectivity index is 1.20. The second-order valence-corrected chi connectivity index (χ2v) is 10.1. The van der Waals surface area contributed by atoms with Crippen LogP contribution in [0.15, 0.2) is 82.3 Å². The van der Waals surface area contributed by atoms with Crippen LogP contribution in [0.1, 0.15) is 40.6 Å². The summed E-state index contributed by atoms with van der Waals surface area (Å²) in [6.45, 7) is 1.41. The molecule has 2 aromatic carbocycles. The number of likely N-dealkylation sites (tertiary alicyclic amines) is 1. The summed E-state index contributed by atoms with van der Waals surface area (Å²) in [4.78, 5) is 18.4. The molecule has 170 valence electrons. The molecule has 7 nitrogen and oxygen atoms in total. The van der Waals surface area contributed by atoms with Crippen LogP contribution in [-0.4, -0.2) is 37.3 Å². The number of para-hydroxylation sites is 1. The molecule has 3 heterocycles. The number of fused-ring (bicyclic) bond motifs is 1. The molecular formula is C25H25N3O4S. The molecule has 5 rings (SSSR count). The number of sulfonamides is 1. The maximum absolute atomic E-state index is 13.0. The number of rotatable bonds is 6. The van der Waals surface area contributed by atoms with Crippen molar-refractivity contribution in [3.63, 3.8) is 0 Å². The molecule has 2 aromatic heterocycles. The van der Waals surface area contributed by atoms with Gasteiger partial charge in [-0.25, -0.2) is 13.1 Å². The van der Waals surface area contributed by atoms with Crippen LogP contribution in [0.2, 0.25) is 0 Å². The highest BCUT2D eigenvalue weighted by atomic mass is 32.2. The molecule has 0 saturated carbocycles. The lowest BCUT2D eigenvalue weighted by molar-refractivity contribution is 0.0712. The molecule has 33 heavy (non-hydrogen) atoms. The van der Waals surface area contributed by atoms with Gasteiger partial charge in [0.1, 0.15) is 5.76 Å². The highest BCUT2D eigenvalue weighted by molar-refractivity contribution is 7.89. The topological polar surface area (TPSA) is 95.4 Å². The van der Waals surface area contributed by atoms with Gasteiger partial charge in [-0.05, 0) is 66.8 Å². The second-order valence-electron chi connectivity index (χ2n) is 8.31. The Hall–Kier alpha value is -3.36. The van der Waals surface area contributed by atoms with Crippen LogP contribution in [-0.2, 0) is 16.6 Å². The van der Waals surface area contributed by atoms with Gasteiger partial charge >= 0.3 is 0 Å². The van der Waals surface area contributed by atoms with Crippen molar-refractivity contribution in [2.75, 3.05) is 13.1 Å². The van der Waals surface area contributed by atoms with Crippen molar-refractivity contribution in [3.05, 3.63) is 90.0 Å². The predicted octanol–water partition coefficient (Wildman–Crippen LogP) is 4.26. The van der Waals surface area contributed by atoms with Crippen molar-refractivity contribution in [2.24, 2.45) is 0 Å². The molecule has 0 unspecified atom stereocenters. The molecule has 1 saturated heterocycles. The van der Waals surface area contributed by atoms with Gasteiger partial charge in [0, 0.05) is 35.8 Å². The normalized spacial score (nSPS) is 15.2. The van der Waals surface area contributed by atoms with Crippen LogP contribution in [0.4, 0.5) is 0 Å². The molecule has 1 aliphatic heterocycles. The molecule has 0 bridgehead atoms. The minimum absolute atomic E-state index is 0.0708. The summed E-state index contributed by atoms with van der Waals surface area (Å²) in [5, 5.41) is 1.21. The van der Waals surface area contributed by atoms with E-state index in [0.717, 1.165) is 18.4 Å². The van der Waals surface area contributed by atoms with Crippen LogP contribution in [0.5, 0.6) is 0 Å². The van der Waals surface area contributed by atoms with Crippen LogP contribution in [0.3, 0.4) is 0 Å². The third-order valence-electron chi connectivity index (χ3n) is 6.20. The summed E-state index contributed by atoms with van der Waals surface area (Å²) in [6, 6.07) is 19.9. The average Bonchev–Trinajstić information content (AvgIpc) is 3.52. The first kappa shape index (κ1) is 21.5. The first-order valence-corrected chi connectivity index (χ1v) is 12.5. The quantitative estimate of drug-likeness (QED) is 0.447. The Morgan fingerprint density at radius 1 is 1.03 bits per heavy atom. The SMILES string of the molecule is O=C(c1ccc(S(=O)(=O)NCc2ccco2)cc1)N1CCC(c2cc3ccccc3[nH]2)CC1. The third-order valence-corrected chi connectivity index (χ3v) is 7.62. The van der Waals surface area contributed by atoms with E-state index < -0.39 is 10.0 Å². The highest BCUT2D eigenvalue weighted by Crippen LogP contribution is 2.30. The number of furan rings is 1. The minimum atomic E-state index is -3.69. The number of hydrogen-bond donors (Lipinski definition) is 2. The summed E-state index contributed by atoms with van der Waals surface area (Å²) in [5.41, 5.74) is 2.85. The Kier molecular flexibility index (Phi) is 5.78. The number of carbonyl (C=O) groups excluding carboxylic acids is 1. The first-order valence-electron chi connectivity index (χ1n) is 11.0. The smallest absolute Gasteiger partial charge is 0.253 e. The highest BCUT2D eigenvalue weighted by Gasteiger charge is 2.26. The zero-order valence-electron chi connectivity index (χ0n) is 18.0. The van der Waals surface area contributed by atoms with Gasteiger partial charge in [-0.2, -0.15) is 0 Å². The molecule has 1 fully saturated rings. The molecule has 4 aromatic rings. The molecule has 1 aliphatic rings. The van der Waals surface area contributed by atoms with Crippen LogP contribution in [0.25, 0.3) is 10.9 Å². The standard InChI is InChI=1S/C25H25N3O4S/c29-25(19-7-9-22(10-8-19)33(30,31)26-17-21-5-3-15-32-21)28-13-11-18(12-14-28)24-16-20-4-1-2-6-23(20)27-24/h1-10,15-16,18,26-27H,11-14,17H2. The van der Waals surface area contributed by atoms with Gasteiger partial charge in [0.05, 0.1) is 17.7 Å². The van der Waals surface area contributed by atoms with Gasteiger partial charge in [-0.3, -0.25) is 4.79 Å². The molecule has 0 aliphatic carbocycles. The zero-order valence-corrected chi connectivity index (χ0v) is 18.8. The summed E-state index contributed by atoms with van der Waals surface area (Å²) < 4.78 is 32.6. The van der Waals surface area contributed by atoms with E-state index in [1.54, 1.807) is 24.3 Å². The van der Waals surface area contributed by atoms with E-state index in [4.69, 9.17) is 4.42 Å². The molecule has 0 spiro atoms. The van der Waals surface area contributed by atoms with Crippen LogP contribution < -0.4 is 4.72 Å². The van der Waals surface area contributed by atoms with Gasteiger partial charge in [0.15, 0.2) is 0 Å². The maximum Gasteiger partial charge on any atom is 0.253 e. The summed E-state index contributed by atoms with van der Waals surface area (Å²) in [7, 11) is -3.69. The summed E-state index contributed by atoms with van der Waals surface area (Å²) >= 11 is 0. The Bertz CT molecular complexity index is 1320. The van der Waals surface area contributed by atoms with E-state index >= 15 is 0 Å². The number of nitrogens with zero attached hydrogens (tertiary/aromatic N) is 1. The zero-order chi connectivity index (χ0) is 22.8. The largest absolute Gasteiger partial charge is 0.468 e. The monoisotopic (exact) mass is 463 g/mol. The van der Waals surface area contributed by atoms with Gasteiger partial charge in [0.2, 0.25) is 10.0 Å².